The van der Waals surface area contributed by atoms with Crippen molar-refractivity contribution in [3.05, 3.63) is 59.1 Å². The fraction of sp³-hybridized carbons (Fsp3) is 0.222. The summed E-state index contributed by atoms with van der Waals surface area (Å²) in [6.07, 6.45) is 3.30. The largest absolute Gasteiger partial charge is 0.497 e. The van der Waals surface area contributed by atoms with E-state index >= 15 is 0 Å². The highest BCUT2D eigenvalue weighted by Crippen LogP contribution is 2.29. The predicted molar refractivity (Wildman–Crippen MR) is 98.5 cm³/mol. The number of methoxy groups -OCH3 is 2. The summed E-state index contributed by atoms with van der Waals surface area (Å²) in [5.74, 6) is 1.06. The quantitative estimate of drug-likeness (QED) is 0.709. The second-order valence-electron chi connectivity index (χ2n) is 5.66. The number of benzene rings is 1. The van der Waals surface area contributed by atoms with Crippen molar-refractivity contribution < 1.29 is 14.3 Å². The number of amides is 1. The molecule has 0 saturated carbocycles. The highest BCUT2D eigenvalue weighted by Gasteiger charge is 2.20. The number of hydrogen-bond donors (Lipinski definition) is 1. The van der Waals surface area contributed by atoms with Crippen LogP contribution in [0.2, 0.25) is 0 Å². The Labute approximate surface area is 155 Å². The Morgan fingerprint density at radius 1 is 1.19 bits per heavy atom. The Morgan fingerprint density at radius 3 is 2.67 bits per heavy atom. The number of aromatic nitrogens is 4. The van der Waals surface area contributed by atoms with Gasteiger partial charge in [-0.2, -0.15) is 5.10 Å². The molecule has 9 heteroatoms. The van der Waals surface area contributed by atoms with Crippen LogP contribution in [0.4, 0.5) is 5.69 Å². The van der Waals surface area contributed by atoms with Gasteiger partial charge in [-0.25, -0.2) is 9.36 Å². The molecule has 3 aromatic rings. The van der Waals surface area contributed by atoms with E-state index in [4.69, 9.17) is 9.47 Å². The first-order chi connectivity index (χ1) is 13.0. The van der Waals surface area contributed by atoms with Crippen LogP contribution in [0.1, 0.15) is 13.0 Å². The lowest BCUT2D eigenvalue weighted by Gasteiger charge is -2.16. The normalized spacial score (nSPS) is 11.7. The van der Waals surface area contributed by atoms with Gasteiger partial charge in [0.05, 0.1) is 19.9 Å². The minimum absolute atomic E-state index is 0.393. The van der Waals surface area contributed by atoms with Crippen LogP contribution in [0.5, 0.6) is 11.5 Å². The molecule has 2 heterocycles. The molecule has 0 aliphatic heterocycles. The van der Waals surface area contributed by atoms with Crippen LogP contribution < -0.4 is 20.3 Å². The van der Waals surface area contributed by atoms with Crippen LogP contribution in [0.25, 0.3) is 5.82 Å². The zero-order valence-corrected chi connectivity index (χ0v) is 15.1. The molecular weight excluding hydrogens is 350 g/mol. The van der Waals surface area contributed by atoms with Crippen LogP contribution in [-0.4, -0.2) is 39.7 Å². The van der Waals surface area contributed by atoms with Gasteiger partial charge in [-0.1, -0.05) is 0 Å². The Hall–Kier alpha value is -3.62. The molecule has 0 radical (unpaired) electrons. The second-order valence-corrected chi connectivity index (χ2v) is 5.66. The first kappa shape index (κ1) is 18.2. The van der Waals surface area contributed by atoms with Crippen molar-refractivity contribution in [3.63, 3.8) is 0 Å². The van der Waals surface area contributed by atoms with E-state index in [1.54, 1.807) is 56.8 Å². The van der Waals surface area contributed by atoms with Crippen LogP contribution in [0.3, 0.4) is 0 Å². The zero-order valence-electron chi connectivity index (χ0n) is 15.1. The molecule has 0 fully saturated rings. The summed E-state index contributed by atoms with van der Waals surface area (Å²) in [5, 5.41) is 11.1. The molecule has 0 aliphatic carbocycles. The van der Waals surface area contributed by atoms with Gasteiger partial charge in [-0.15, -0.1) is 5.10 Å². The van der Waals surface area contributed by atoms with E-state index in [-0.39, 0.29) is 0 Å². The fourth-order valence-electron chi connectivity index (χ4n) is 2.47. The van der Waals surface area contributed by atoms with Gasteiger partial charge in [0.25, 0.3) is 5.56 Å². The van der Waals surface area contributed by atoms with Crippen molar-refractivity contribution in [1.82, 2.24) is 19.6 Å². The Bertz CT molecular complexity index is 997. The van der Waals surface area contributed by atoms with Crippen molar-refractivity contribution >= 4 is 11.6 Å². The standard InChI is InChI=1S/C18H19N5O4/c1-12(18(25)20-14-6-5-13(26-2)11-15(14)27-3)23-17(24)8-7-16(21-23)22-10-4-9-19-22/h4-12H,1-3H3,(H,20,25). The molecule has 0 bridgehead atoms. The maximum absolute atomic E-state index is 12.7. The SMILES string of the molecule is COc1ccc(NC(=O)C(C)n2nc(-n3cccn3)ccc2=O)c(OC)c1. The Kier molecular flexibility index (Phi) is 5.20. The Morgan fingerprint density at radius 2 is 2.00 bits per heavy atom. The van der Waals surface area contributed by atoms with Crippen LogP contribution in [-0.2, 0) is 4.79 Å². The summed E-state index contributed by atoms with van der Waals surface area (Å²) >= 11 is 0. The molecule has 140 valence electrons. The van der Waals surface area contributed by atoms with Gasteiger partial charge in [-0.05, 0) is 31.2 Å². The van der Waals surface area contributed by atoms with E-state index in [1.165, 1.54) is 17.9 Å². The van der Waals surface area contributed by atoms with E-state index in [0.717, 1.165) is 4.68 Å². The van der Waals surface area contributed by atoms with Crippen molar-refractivity contribution in [2.45, 2.75) is 13.0 Å². The monoisotopic (exact) mass is 369 g/mol. The lowest BCUT2D eigenvalue weighted by Crippen LogP contribution is -2.33. The maximum atomic E-state index is 12.7. The molecule has 1 atom stereocenters. The van der Waals surface area contributed by atoms with Gasteiger partial charge in [0, 0.05) is 24.5 Å². The van der Waals surface area contributed by atoms with Gasteiger partial charge in [-0.3, -0.25) is 9.59 Å². The van der Waals surface area contributed by atoms with E-state index in [2.05, 4.69) is 15.5 Å². The number of rotatable bonds is 6. The molecule has 1 N–H and O–H groups in total. The number of nitrogens with one attached hydrogen (secondary N) is 1. The van der Waals surface area contributed by atoms with E-state index in [9.17, 15) is 9.59 Å². The minimum atomic E-state index is -0.847. The highest BCUT2D eigenvalue weighted by molar-refractivity contribution is 5.94. The van der Waals surface area contributed by atoms with Crippen LogP contribution in [0.15, 0.2) is 53.6 Å². The molecule has 27 heavy (non-hydrogen) atoms. The first-order valence-corrected chi connectivity index (χ1v) is 8.16. The molecule has 0 spiro atoms. The summed E-state index contributed by atoms with van der Waals surface area (Å²) in [6.45, 7) is 1.59. The first-order valence-electron chi connectivity index (χ1n) is 8.16. The smallest absolute Gasteiger partial charge is 0.267 e. The third-order valence-corrected chi connectivity index (χ3v) is 3.96. The molecule has 1 aromatic carbocycles. The van der Waals surface area contributed by atoms with Crippen molar-refractivity contribution in [1.29, 1.82) is 0 Å². The lowest BCUT2D eigenvalue weighted by atomic mass is 10.2. The molecule has 0 aliphatic rings. The molecule has 3 rings (SSSR count). The van der Waals surface area contributed by atoms with Gasteiger partial charge in [0.15, 0.2) is 5.82 Å². The van der Waals surface area contributed by atoms with Crippen LogP contribution in [0, 0.1) is 0 Å². The van der Waals surface area contributed by atoms with Gasteiger partial charge in [0.2, 0.25) is 5.91 Å². The number of hydrogen-bond acceptors (Lipinski definition) is 6. The third-order valence-electron chi connectivity index (χ3n) is 3.96. The highest BCUT2D eigenvalue weighted by atomic mass is 16.5. The molecule has 1 amide bonds. The summed E-state index contributed by atoms with van der Waals surface area (Å²) in [4.78, 5) is 24.9. The average Bonchev–Trinajstić information content (AvgIpc) is 3.22. The number of carbonyl (C=O) groups excluding carboxylic acids is 1. The van der Waals surface area contributed by atoms with E-state index < -0.39 is 17.5 Å². The minimum Gasteiger partial charge on any atom is -0.497 e. The molecule has 2 aromatic heterocycles. The van der Waals surface area contributed by atoms with Crippen molar-refractivity contribution in [2.75, 3.05) is 19.5 Å². The van der Waals surface area contributed by atoms with Gasteiger partial charge < -0.3 is 14.8 Å². The summed E-state index contributed by atoms with van der Waals surface area (Å²) in [7, 11) is 3.03. The maximum Gasteiger partial charge on any atom is 0.267 e. The second kappa shape index (κ2) is 7.73. The molecule has 9 nitrogen and oxygen atoms in total. The van der Waals surface area contributed by atoms with Crippen molar-refractivity contribution in [2.24, 2.45) is 0 Å². The third kappa shape index (κ3) is 3.81. The topological polar surface area (TPSA) is 100 Å². The predicted octanol–water partition coefficient (Wildman–Crippen LogP) is 1.65. The average molecular weight is 369 g/mol. The van der Waals surface area contributed by atoms with Gasteiger partial charge >= 0.3 is 0 Å². The fourth-order valence-corrected chi connectivity index (χ4v) is 2.47. The summed E-state index contributed by atoms with van der Waals surface area (Å²) in [5.41, 5.74) is 0.0710. The molecular formula is C18H19N5O4. The van der Waals surface area contributed by atoms with Crippen molar-refractivity contribution in [3.8, 4) is 17.3 Å². The van der Waals surface area contributed by atoms with Crippen LogP contribution >= 0.6 is 0 Å². The zero-order chi connectivity index (χ0) is 19.4. The Balaban J connectivity index is 1.86. The number of carbonyl (C=O) groups is 1. The summed E-state index contributed by atoms with van der Waals surface area (Å²) < 4.78 is 13.0. The van der Waals surface area contributed by atoms with E-state index in [0.29, 0.717) is 23.0 Å². The summed E-state index contributed by atoms with van der Waals surface area (Å²) in [6, 6.07) is 8.81. The number of ether oxygens (including phenoxy) is 2. The van der Waals surface area contributed by atoms with E-state index in [1.807, 2.05) is 0 Å². The molecule has 0 saturated heterocycles. The number of anilines is 1. The molecule has 1 unspecified atom stereocenters. The number of nitrogens with zero attached hydrogens (tertiary/aromatic N) is 4. The lowest BCUT2D eigenvalue weighted by molar-refractivity contribution is -0.119. The van der Waals surface area contributed by atoms with Gasteiger partial charge in [0.1, 0.15) is 17.5 Å².